The molecule has 1 heteroatoms. The van der Waals surface area contributed by atoms with Gasteiger partial charge in [0.2, 0.25) is 0 Å². The fraction of sp³-hybridized carbons (Fsp3) is 0.900. The lowest BCUT2D eigenvalue weighted by Gasteiger charge is -2.10. The molecule has 0 saturated heterocycles. The van der Waals surface area contributed by atoms with Crippen molar-refractivity contribution < 1.29 is 0 Å². The highest BCUT2D eigenvalue weighted by atomic mass is 28.3. The molecular weight excluding hydrogens is 268 g/mol. The van der Waals surface area contributed by atoms with Gasteiger partial charge in [0.15, 0.2) is 0 Å². The summed E-state index contributed by atoms with van der Waals surface area (Å²) >= 11 is 0. The molecule has 0 aliphatic rings. The van der Waals surface area contributed by atoms with E-state index in [0.29, 0.717) is 0 Å². The molecule has 0 aromatic heterocycles. The molecule has 0 fully saturated rings. The first-order valence-corrected chi connectivity index (χ1v) is 12.3. The highest BCUT2D eigenvalue weighted by molar-refractivity contribution is 6.64. The molecule has 0 N–H and O–H groups in total. The summed E-state index contributed by atoms with van der Waals surface area (Å²) in [6.07, 6.45) is 21.1. The van der Waals surface area contributed by atoms with E-state index in [1.165, 1.54) is 89.5 Å². The minimum absolute atomic E-state index is 0.536. The second kappa shape index (κ2) is 18.0. The van der Waals surface area contributed by atoms with Crippen molar-refractivity contribution >= 4 is 8.80 Å². The van der Waals surface area contributed by atoms with Crippen LogP contribution in [-0.4, -0.2) is 8.80 Å². The topological polar surface area (TPSA) is 0 Å². The van der Waals surface area contributed by atoms with E-state index in [0.717, 1.165) is 0 Å². The number of allylic oxidation sites excluding steroid dienone is 1. The predicted octanol–water partition coefficient (Wildman–Crippen LogP) is 7.44. The molecule has 0 heterocycles. The normalized spacial score (nSPS) is 13.1. The SMILES string of the molecule is CCCCC/C=C/[SiH](CCC)CCCCCCCCCC. The van der Waals surface area contributed by atoms with Crippen molar-refractivity contribution in [2.24, 2.45) is 0 Å². The van der Waals surface area contributed by atoms with E-state index in [1.807, 2.05) is 0 Å². The zero-order valence-corrected chi connectivity index (χ0v) is 16.5. The van der Waals surface area contributed by atoms with E-state index >= 15 is 0 Å². The van der Waals surface area contributed by atoms with Gasteiger partial charge in [-0.2, -0.15) is 0 Å². The minimum atomic E-state index is -0.536. The first-order valence-electron chi connectivity index (χ1n) is 10.0. The lowest BCUT2D eigenvalue weighted by molar-refractivity contribution is 0.584. The fourth-order valence-electron chi connectivity index (χ4n) is 3.05. The minimum Gasteiger partial charge on any atom is -0.102 e. The Kier molecular flexibility index (Phi) is 18.0. The summed E-state index contributed by atoms with van der Waals surface area (Å²) in [5.41, 5.74) is 2.67. The lowest BCUT2D eigenvalue weighted by Crippen LogP contribution is -2.08. The summed E-state index contributed by atoms with van der Waals surface area (Å²) in [5.74, 6) is 0. The maximum Gasteiger partial charge on any atom is 0.0610 e. The van der Waals surface area contributed by atoms with E-state index in [4.69, 9.17) is 0 Å². The Bertz CT molecular complexity index is 210. The van der Waals surface area contributed by atoms with Crippen molar-refractivity contribution in [1.82, 2.24) is 0 Å². The Morgan fingerprint density at radius 1 is 0.571 bits per heavy atom. The van der Waals surface area contributed by atoms with Crippen LogP contribution in [0.5, 0.6) is 0 Å². The molecule has 21 heavy (non-hydrogen) atoms. The molecule has 0 aromatic carbocycles. The van der Waals surface area contributed by atoms with Crippen LogP contribution in [0.4, 0.5) is 0 Å². The van der Waals surface area contributed by atoms with Crippen molar-refractivity contribution in [3.63, 3.8) is 0 Å². The maximum absolute atomic E-state index is 2.67. The number of hydrogen-bond acceptors (Lipinski definition) is 0. The molecule has 0 spiro atoms. The number of rotatable bonds is 16. The molecule has 0 radical (unpaired) electrons. The maximum atomic E-state index is 2.67. The molecule has 0 nitrogen and oxygen atoms in total. The lowest BCUT2D eigenvalue weighted by atomic mass is 10.1. The predicted molar refractivity (Wildman–Crippen MR) is 103 cm³/mol. The highest BCUT2D eigenvalue weighted by Crippen LogP contribution is 2.14. The first-order chi connectivity index (χ1) is 10.3. The van der Waals surface area contributed by atoms with Gasteiger partial charge in [-0.1, -0.05) is 110 Å². The standard InChI is InChI=1S/C20H42Si/c1-4-7-9-11-12-13-15-17-20-21(18-6-3)19-16-14-10-8-5-2/h16,19,21H,4-15,17-18,20H2,1-3H3/b19-16+. The Hall–Kier alpha value is -0.0431. The average molecular weight is 311 g/mol. The van der Waals surface area contributed by atoms with Gasteiger partial charge in [-0.15, -0.1) is 5.70 Å². The van der Waals surface area contributed by atoms with E-state index < -0.39 is 8.80 Å². The first kappa shape index (κ1) is 21.0. The summed E-state index contributed by atoms with van der Waals surface area (Å²) < 4.78 is 0. The highest BCUT2D eigenvalue weighted by Gasteiger charge is 2.05. The van der Waals surface area contributed by atoms with Gasteiger partial charge in [-0.05, 0) is 12.8 Å². The molecule has 0 bridgehead atoms. The molecule has 126 valence electrons. The Morgan fingerprint density at radius 3 is 1.76 bits per heavy atom. The van der Waals surface area contributed by atoms with Crippen molar-refractivity contribution in [3.8, 4) is 0 Å². The third-order valence-corrected chi connectivity index (χ3v) is 7.76. The van der Waals surface area contributed by atoms with Crippen LogP contribution >= 0.6 is 0 Å². The Balaban J connectivity index is 3.55. The van der Waals surface area contributed by atoms with E-state index in [9.17, 15) is 0 Å². The molecular formula is C20H42Si. The molecule has 1 unspecified atom stereocenters. The third-order valence-electron chi connectivity index (χ3n) is 4.47. The van der Waals surface area contributed by atoms with E-state index in [-0.39, 0.29) is 0 Å². The summed E-state index contributed by atoms with van der Waals surface area (Å²) in [7, 11) is -0.536. The van der Waals surface area contributed by atoms with Crippen LogP contribution in [0, 0.1) is 0 Å². The van der Waals surface area contributed by atoms with Gasteiger partial charge >= 0.3 is 0 Å². The van der Waals surface area contributed by atoms with Crippen LogP contribution in [0.2, 0.25) is 12.1 Å². The van der Waals surface area contributed by atoms with Gasteiger partial charge < -0.3 is 0 Å². The molecule has 0 rings (SSSR count). The second-order valence-corrected chi connectivity index (χ2v) is 9.80. The fourth-order valence-corrected chi connectivity index (χ4v) is 5.85. The van der Waals surface area contributed by atoms with Crippen LogP contribution in [0.15, 0.2) is 11.8 Å². The van der Waals surface area contributed by atoms with Gasteiger partial charge in [-0.25, -0.2) is 0 Å². The quantitative estimate of drug-likeness (QED) is 0.205. The summed E-state index contributed by atoms with van der Waals surface area (Å²) in [4.78, 5) is 0. The number of hydrogen-bond donors (Lipinski definition) is 0. The van der Waals surface area contributed by atoms with Gasteiger partial charge in [0.25, 0.3) is 0 Å². The molecule has 0 amide bonds. The third kappa shape index (κ3) is 16.2. The van der Waals surface area contributed by atoms with Crippen LogP contribution in [0.1, 0.15) is 104 Å². The molecule has 1 atom stereocenters. The number of unbranched alkanes of at least 4 members (excludes halogenated alkanes) is 10. The molecule has 0 saturated carbocycles. The summed E-state index contributed by atoms with van der Waals surface area (Å²) in [5, 5.41) is 0. The summed E-state index contributed by atoms with van der Waals surface area (Å²) in [6.45, 7) is 6.95. The van der Waals surface area contributed by atoms with Crippen molar-refractivity contribution in [3.05, 3.63) is 11.8 Å². The van der Waals surface area contributed by atoms with Crippen molar-refractivity contribution in [2.75, 3.05) is 0 Å². The van der Waals surface area contributed by atoms with Gasteiger partial charge in [0.05, 0.1) is 8.80 Å². The van der Waals surface area contributed by atoms with Crippen LogP contribution < -0.4 is 0 Å². The Labute approximate surface area is 137 Å². The van der Waals surface area contributed by atoms with Gasteiger partial charge in [-0.3, -0.25) is 0 Å². The van der Waals surface area contributed by atoms with Crippen LogP contribution in [0.25, 0.3) is 0 Å². The molecule has 0 aliphatic heterocycles. The van der Waals surface area contributed by atoms with E-state index in [1.54, 1.807) is 6.04 Å². The smallest absolute Gasteiger partial charge is 0.0610 e. The zero-order chi connectivity index (χ0) is 15.6. The second-order valence-electron chi connectivity index (χ2n) is 6.74. The van der Waals surface area contributed by atoms with Crippen molar-refractivity contribution in [1.29, 1.82) is 0 Å². The molecule has 0 aliphatic carbocycles. The summed E-state index contributed by atoms with van der Waals surface area (Å²) in [6, 6.07) is 3.09. The van der Waals surface area contributed by atoms with Crippen LogP contribution in [0.3, 0.4) is 0 Å². The average Bonchev–Trinajstić information content (AvgIpc) is 2.49. The molecule has 0 aromatic rings. The van der Waals surface area contributed by atoms with Gasteiger partial charge in [0, 0.05) is 0 Å². The van der Waals surface area contributed by atoms with Crippen molar-refractivity contribution in [2.45, 2.75) is 116 Å². The monoisotopic (exact) mass is 310 g/mol. The largest absolute Gasteiger partial charge is 0.102 e. The Morgan fingerprint density at radius 2 is 1.14 bits per heavy atom. The zero-order valence-electron chi connectivity index (χ0n) is 15.3. The van der Waals surface area contributed by atoms with Crippen LogP contribution in [-0.2, 0) is 0 Å². The van der Waals surface area contributed by atoms with E-state index in [2.05, 4.69) is 32.5 Å². The van der Waals surface area contributed by atoms with Gasteiger partial charge in [0.1, 0.15) is 0 Å².